The van der Waals surface area contributed by atoms with Crippen molar-refractivity contribution in [3.8, 4) is 5.75 Å². The number of rotatable bonds is 5. The monoisotopic (exact) mass is 423 g/mol. The first kappa shape index (κ1) is 20.5. The largest absolute Gasteiger partial charge is 0.497 e. The number of methoxy groups -OCH3 is 1. The summed E-state index contributed by atoms with van der Waals surface area (Å²) < 4.78 is 44.5. The molecule has 0 saturated heterocycles. The van der Waals surface area contributed by atoms with Gasteiger partial charge in [0.25, 0.3) is 0 Å². The van der Waals surface area contributed by atoms with Crippen LogP contribution in [0.4, 0.5) is 30.2 Å². The molecule has 0 atom stereocenters. The summed E-state index contributed by atoms with van der Waals surface area (Å²) in [7, 11) is 1.61. The van der Waals surface area contributed by atoms with Gasteiger partial charge in [-0.1, -0.05) is 30.3 Å². The molecule has 4 rings (SSSR count). The Morgan fingerprint density at radius 1 is 0.968 bits per heavy atom. The molecule has 4 aromatic rings. The van der Waals surface area contributed by atoms with E-state index in [-0.39, 0.29) is 0 Å². The second-order valence-corrected chi connectivity index (χ2v) is 7.13. The Hall–Kier alpha value is -3.74. The number of halogens is 3. The number of hydrogen-bond donors (Lipinski definition) is 2. The lowest BCUT2D eigenvalue weighted by molar-refractivity contribution is -0.137. The number of benzene rings is 3. The van der Waals surface area contributed by atoms with Crippen LogP contribution in [0.15, 0.2) is 72.8 Å². The molecule has 0 saturated carbocycles. The highest BCUT2D eigenvalue weighted by Crippen LogP contribution is 2.34. The molecule has 0 spiro atoms. The van der Waals surface area contributed by atoms with Crippen LogP contribution in [-0.2, 0) is 12.6 Å². The van der Waals surface area contributed by atoms with Gasteiger partial charge in [0.2, 0.25) is 0 Å². The molecule has 0 aliphatic rings. The third-order valence-electron chi connectivity index (χ3n) is 4.94. The van der Waals surface area contributed by atoms with Gasteiger partial charge in [0.05, 0.1) is 23.9 Å². The SMILES string of the molecule is COc1ccc(Cc2cc(Nc3cccc(C(F)(F)F)c3)c3cccc(N)c3n2)cc1. The fourth-order valence-corrected chi connectivity index (χ4v) is 3.40. The predicted molar refractivity (Wildman–Crippen MR) is 117 cm³/mol. The number of ether oxygens (including phenoxy) is 1. The van der Waals surface area contributed by atoms with Gasteiger partial charge in [0.1, 0.15) is 5.75 Å². The first-order valence-electron chi connectivity index (χ1n) is 9.59. The van der Waals surface area contributed by atoms with E-state index in [0.29, 0.717) is 29.0 Å². The maximum absolute atomic E-state index is 13.1. The second kappa shape index (κ2) is 8.18. The summed E-state index contributed by atoms with van der Waals surface area (Å²) in [5.74, 6) is 0.756. The van der Waals surface area contributed by atoms with Crippen molar-refractivity contribution >= 4 is 28.0 Å². The van der Waals surface area contributed by atoms with Gasteiger partial charge in [-0.15, -0.1) is 0 Å². The van der Waals surface area contributed by atoms with Crippen LogP contribution in [-0.4, -0.2) is 12.1 Å². The van der Waals surface area contributed by atoms with E-state index in [1.54, 1.807) is 25.3 Å². The van der Waals surface area contributed by atoms with Crippen molar-refractivity contribution in [3.05, 3.63) is 89.6 Å². The van der Waals surface area contributed by atoms with Crippen molar-refractivity contribution in [1.82, 2.24) is 4.98 Å². The Kier molecular flexibility index (Phi) is 5.42. The van der Waals surface area contributed by atoms with Crippen molar-refractivity contribution in [3.63, 3.8) is 0 Å². The Morgan fingerprint density at radius 2 is 1.71 bits per heavy atom. The number of nitrogens with one attached hydrogen (secondary N) is 1. The van der Waals surface area contributed by atoms with E-state index in [1.807, 2.05) is 36.4 Å². The molecule has 3 N–H and O–H groups in total. The van der Waals surface area contributed by atoms with E-state index in [0.717, 1.165) is 34.5 Å². The van der Waals surface area contributed by atoms with Gasteiger partial charge in [0.15, 0.2) is 0 Å². The average molecular weight is 423 g/mol. The summed E-state index contributed by atoms with van der Waals surface area (Å²) in [5, 5.41) is 3.85. The van der Waals surface area contributed by atoms with E-state index < -0.39 is 11.7 Å². The zero-order valence-electron chi connectivity index (χ0n) is 16.7. The molecule has 1 aromatic heterocycles. The molecule has 1 heterocycles. The fourth-order valence-electron chi connectivity index (χ4n) is 3.40. The molecular formula is C24H20F3N3O. The number of alkyl halides is 3. The van der Waals surface area contributed by atoms with Gasteiger partial charge in [-0.05, 0) is 48.0 Å². The summed E-state index contributed by atoms with van der Waals surface area (Å²) in [6.07, 6.45) is -3.88. The molecule has 0 bridgehead atoms. The third kappa shape index (κ3) is 4.55. The van der Waals surface area contributed by atoms with Crippen LogP contribution in [0.3, 0.4) is 0 Å². The first-order valence-corrected chi connectivity index (χ1v) is 9.59. The Bertz CT molecular complexity index is 1220. The smallest absolute Gasteiger partial charge is 0.416 e. The zero-order valence-corrected chi connectivity index (χ0v) is 16.7. The number of nitrogens with two attached hydrogens (primary N) is 1. The molecule has 3 aromatic carbocycles. The van der Waals surface area contributed by atoms with Gasteiger partial charge in [-0.3, -0.25) is 4.98 Å². The predicted octanol–water partition coefficient (Wildman–Crippen LogP) is 6.18. The molecule has 0 radical (unpaired) electrons. The van der Waals surface area contributed by atoms with Crippen LogP contribution >= 0.6 is 0 Å². The van der Waals surface area contributed by atoms with Crippen LogP contribution in [0.5, 0.6) is 5.75 Å². The van der Waals surface area contributed by atoms with Gasteiger partial charge in [-0.2, -0.15) is 13.2 Å². The number of anilines is 3. The van der Waals surface area contributed by atoms with Crippen molar-refractivity contribution in [2.45, 2.75) is 12.6 Å². The lowest BCUT2D eigenvalue weighted by Gasteiger charge is -2.15. The Morgan fingerprint density at radius 3 is 2.42 bits per heavy atom. The molecular weight excluding hydrogens is 403 g/mol. The van der Waals surface area contributed by atoms with E-state index in [9.17, 15) is 13.2 Å². The Labute approximate surface area is 177 Å². The molecule has 31 heavy (non-hydrogen) atoms. The minimum Gasteiger partial charge on any atom is -0.497 e. The topological polar surface area (TPSA) is 60.2 Å². The highest BCUT2D eigenvalue weighted by molar-refractivity contribution is 5.99. The van der Waals surface area contributed by atoms with Gasteiger partial charge < -0.3 is 15.8 Å². The summed E-state index contributed by atoms with van der Waals surface area (Å²) in [5.41, 5.74) is 9.27. The Balaban J connectivity index is 1.74. The molecule has 0 aliphatic heterocycles. The van der Waals surface area contributed by atoms with Crippen molar-refractivity contribution in [2.75, 3.05) is 18.2 Å². The summed E-state index contributed by atoms with van der Waals surface area (Å²) in [4.78, 5) is 4.70. The van der Waals surface area contributed by atoms with Crippen LogP contribution in [0.2, 0.25) is 0 Å². The normalized spacial score (nSPS) is 11.5. The number of fused-ring (bicyclic) bond motifs is 1. The first-order chi connectivity index (χ1) is 14.8. The van der Waals surface area contributed by atoms with Crippen molar-refractivity contribution in [1.29, 1.82) is 0 Å². The molecule has 7 heteroatoms. The number of para-hydroxylation sites is 1. The minimum absolute atomic E-state index is 0.333. The summed E-state index contributed by atoms with van der Waals surface area (Å²) in [6, 6.07) is 19.9. The lowest BCUT2D eigenvalue weighted by atomic mass is 10.1. The molecule has 0 amide bonds. The molecule has 4 nitrogen and oxygen atoms in total. The van der Waals surface area contributed by atoms with Crippen molar-refractivity contribution < 1.29 is 17.9 Å². The zero-order chi connectivity index (χ0) is 22.0. The minimum atomic E-state index is -4.41. The maximum atomic E-state index is 13.1. The fraction of sp³-hybridized carbons (Fsp3) is 0.125. The number of nitrogen functional groups attached to an aromatic ring is 1. The van der Waals surface area contributed by atoms with Crippen LogP contribution in [0.25, 0.3) is 10.9 Å². The molecule has 158 valence electrons. The highest BCUT2D eigenvalue weighted by Gasteiger charge is 2.30. The van der Waals surface area contributed by atoms with Gasteiger partial charge >= 0.3 is 6.18 Å². The summed E-state index contributed by atoms with van der Waals surface area (Å²) in [6.45, 7) is 0. The lowest BCUT2D eigenvalue weighted by Crippen LogP contribution is -2.05. The van der Waals surface area contributed by atoms with E-state index in [2.05, 4.69) is 5.32 Å². The maximum Gasteiger partial charge on any atom is 0.416 e. The van der Waals surface area contributed by atoms with E-state index in [4.69, 9.17) is 15.5 Å². The quantitative estimate of drug-likeness (QED) is 0.377. The number of hydrogen-bond acceptors (Lipinski definition) is 4. The third-order valence-corrected chi connectivity index (χ3v) is 4.94. The van der Waals surface area contributed by atoms with Crippen LogP contribution in [0.1, 0.15) is 16.8 Å². The van der Waals surface area contributed by atoms with Crippen LogP contribution < -0.4 is 15.8 Å². The van der Waals surface area contributed by atoms with Crippen LogP contribution in [0, 0.1) is 0 Å². The number of pyridine rings is 1. The summed E-state index contributed by atoms with van der Waals surface area (Å²) >= 11 is 0. The van der Waals surface area contributed by atoms with Crippen molar-refractivity contribution in [2.24, 2.45) is 0 Å². The highest BCUT2D eigenvalue weighted by atomic mass is 19.4. The average Bonchev–Trinajstić information content (AvgIpc) is 2.75. The number of nitrogens with zero attached hydrogens (tertiary/aromatic N) is 1. The van der Waals surface area contributed by atoms with Gasteiger partial charge in [0, 0.05) is 28.9 Å². The molecule has 0 aliphatic carbocycles. The second-order valence-electron chi connectivity index (χ2n) is 7.13. The molecule has 0 fully saturated rings. The van der Waals surface area contributed by atoms with E-state index in [1.165, 1.54) is 6.07 Å². The van der Waals surface area contributed by atoms with Gasteiger partial charge in [-0.25, -0.2) is 0 Å². The molecule has 0 unspecified atom stereocenters. The van der Waals surface area contributed by atoms with E-state index >= 15 is 0 Å². The number of aromatic nitrogens is 1. The standard InChI is InChI=1S/C24H20F3N3O/c1-31-19-10-8-15(9-11-19)12-18-14-22(20-6-3-7-21(28)23(20)30-18)29-17-5-2-4-16(13-17)24(25,26)27/h2-11,13-14H,12,28H2,1H3,(H,29,30).